The average Bonchev–Trinajstić information content (AvgIpc) is 2.56. The van der Waals surface area contributed by atoms with Crippen molar-refractivity contribution in [1.29, 1.82) is 0 Å². The maximum Gasteiger partial charge on any atom is 0.191 e. The molecule has 1 fully saturated rings. The molecule has 0 radical (unpaired) electrons. The Morgan fingerprint density at radius 1 is 1.04 bits per heavy atom. The Bertz CT molecular complexity index is 619. The minimum absolute atomic E-state index is 0.0455. The highest BCUT2D eigenvalue weighted by Crippen LogP contribution is 2.37. The molecule has 1 aromatic carbocycles. The highest BCUT2D eigenvalue weighted by atomic mass is 28.4. The van der Waals surface area contributed by atoms with Crippen LogP contribution in [0.5, 0.6) is 0 Å². The minimum Gasteiger partial charge on any atom is -0.417 e. The van der Waals surface area contributed by atoms with Crippen molar-refractivity contribution in [2.75, 3.05) is 6.61 Å². The lowest BCUT2D eigenvalue weighted by atomic mass is 9.98. The van der Waals surface area contributed by atoms with Crippen LogP contribution < -0.4 is 0 Å². The second-order valence-corrected chi connectivity index (χ2v) is 14.2. The van der Waals surface area contributed by atoms with E-state index < -0.39 is 26.3 Å². The second-order valence-electron chi connectivity index (χ2n) is 9.44. The fourth-order valence-corrected chi connectivity index (χ4v) is 4.08. The molecule has 2 rings (SSSR count). The van der Waals surface area contributed by atoms with Crippen LogP contribution in [0.1, 0.15) is 53.0 Å². The number of ketones is 1. The summed E-state index contributed by atoms with van der Waals surface area (Å²) in [7, 11) is -1.82. The van der Waals surface area contributed by atoms with Crippen molar-refractivity contribution in [3.8, 4) is 0 Å². The summed E-state index contributed by atoms with van der Waals surface area (Å²) in [6.07, 6.45) is 1.20. The largest absolute Gasteiger partial charge is 0.417 e. The fourth-order valence-electron chi connectivity index (χ4n) is 3.02. The van der Waals surface area contributed by atoms with E-state index in [4.69, 9.17) is 13.9 Å². The predicted octanol–water partition coefficient (Wildman–Crippen LogP) is 5.12. The van der Waals surface area contributed by atoms with Gasteiger partial charge in [0, 0.05) is 13.0 Å². The molecule has 152 valence electrons. The summed E-state index contributed by atoms with van der Waals surface area (Å²) < 4.78 is 18.1. The molecule has 0 aliphatic carbocycles. The van der Waals surface area contributed by atoms with E-state index in [1.54, 1.807) is 0 Å². The molecule has 0 aromatic heterocycles. The highest BCUT2D eigenvalue weighted by Gasteiger charge is 2.42. The number of aryl methyl sites for hydroxylation is 1. The molecule has 0 N–H and O–H groups in total. The van der Waals surface area contributed by atoms with Gasteiger partial charge in [-0.2, -0.15) is 0 Å². The van der Waals surface area contributed by atoms with Gasteiger partial charge in [0.2, 0.25) is 0 Å². The normalized spacial score (nSPS) is 23.4. The Hall–Kier alpha value is -1.01. The molecule has 0 unspecified atom stereocenters. The van der Waals surface area contributed by atoms with Crippen LogP contribution in [0.3, 0.4) is 0 Å². The molecule has 2 atom stereocenters. The maximum atomic E-state index is 12.9. The lowest BCUT2D eigenvalue weighted by molar-refractivity contribution is -0.281. The van der Waals surface area contributed by atoms with Gasteiger partial charge in [-0.25, -0.2) is 0 Å². The van der Waals surface area contributed by atoms with Crippen molar-refractivity contribution in [1.82, 2.24) is 0 Å². The summed E-state index contributed by atoms with van der Waals surface area (Å²) in [5.41, 5.74) is 1.22. The van der Waals surface area contributed by atoms with Gasteiger partial charge in [-0.3, -0.25) is 4.79 Å². The van der Waals surface area contributed by atoms with Crippen molar-refractivity contribution >= 4 is 14.1 Å². The summed E-state index contributed by atoms with van der Waals surface area (Å²) in [6, 6.07) is 10.2. The molecule has 1 heterocycles. The second kappa shape index (κ2) is 8.56. The first-order valence-corrected chi connectivity index (χ1v) is 12.9. The van der Waals surface area contributed by atoms with Gasteiger partial charge in [-0.1, -0.05) is 51.1 Å². The van der Waals surface area contributed by atoms with Crippen LogP contribution in [-0.4, -0.2) is 38.7 Å². The Balaban J connectivity index is 1.94. The number of Topliss-reactive ketones (excluding diaryl/α,β-unsaturated/α-hetero) is 1. The van der Waals surface area contributed by atoms with Gasteiger partial charge in [0.1, 0.15) is 12.2 Å². The molecular formula is C22H36O4Si. The molecule has 1 aromatic rings. The predicted molar refractivity (Wildman–Crippen MR) is 111 cm³/mol. The van der Waals surface area contributed by atoms with Gasteiger partial charge in [0.05, 0.1) is 0 Å². The molecule has 1 saturated heterocycles. The Morgan fingerprint density at radius 3 is 2.15 bits per heavy atom. The SMILES string of the molecule is CC1(C)O[C@@H](CCO[Si](C)(C)C(C)(C)C)C(=O)[C@H](CCc2ccccc2)O1. The van der Waals surface area contributed by atoms with Crippen LogP contribution in [0.4, 0.5) is 0 Å². The zero-order valence-corrected chi connectivity index (χ0v) is 19.0. The van der Waals surface area contributed by atoms with Gasteiger partial charge in [0.25, 0.3) is 0 Å². The third-order valence-corrected chi connectivity index (χ3v) is 10.2. The van der Waals surface area contributed by atoms with Gasteiger partial charge < -0.3 is 13.9 Å². The zero-order chi connectivity index (χ0) is 20.3. The maximum absolute atomic E-state index is 12.9. The third kappa shape index (κ3) is 6.24. The zero-order valence-electron chi connectivity index (χ0n) is 18.0. The van der Waals surface area contributed by atoms with Crippen LogP contribution in [0.15, 0.2) is 30.3 Å². The highest BCUT2D eigenvalue weighted by molar-refractivity contribution is 6.74. The lowest BCUT2D eigenvalue weighted by Crippen LogP contribution is -2.52. The van der Waals surface area contributed by atoms with E-state index in [1.807, 2.05) is 32.0 Å². The standard InChI is InChI=1S/C22H36O4Si/c1-21(2,3)27(6,7)24-16-15-19-20(23)18(25-22(4,5)26-19)14-13-17-11-9-8-10-12-17/h8-12,18-19H,13-16H2,1-7H3/t18-,19-/m0/s1. The molecule has 0 bridgehead atoms. The Labute approximate surface area is 165 Å². The molecule has 0 spiro atoms. The first kappa shape index (κ1) is 22.3. The monoisotopic (exact) mass is 392 g/mol. The van der Waals surface area contributed by atoms with Crippen LogP contribution >= 0.6 is 0 Å². The minimum atomic E-state index is -1.82. The average molecular weight is 393 g/mol. The molecule has 0 amide bonds. The number of benzene rings is 1. The smallest absolute Gasteiger partial charge is 0.191 e. The van der Waals surface area contributed by atoms with Crippen molar-refractivity contribution < 1.29 is 18.7 Å². The molecule has 4 nitrogen and oxygen atoms in total. The summed E-state index contributed by atoms with van der Waals surface area (Å²) in [6.45, 7) is 15.4. The van der Waals surface area contributed by atoms with Crippen molar-refractivity contribution in [3.63, 3.8) is 0 Å². The van der Waals surface area contributed by atoms with Gasteiger partial charge in [-0.15, -0.1) is 0 Å². The molecule has 27 heavy (non-hydrogen) atoms. The topological polar surface area (TPSA) is 44.8 Å². The van der Waals surface area contributed by atoms with E-state index in [0.29, 0.717) is 19.4 Å². The summed E-state index contributed by atoms with van der Waals surface area (Å²) in [5, 5.41) is 0.158. The first-order valence-electron chi connectivity index (χ1n) is 9.98. The van der Waals surface area contributed by atoms with Crippen LogP contribution in [0, 0.1) is 0 Å². The molecule has 1 aliphatic heterocycles. The van der Waals surface area contributed by atoms with E-state index in [1.165, 1.54) is 5.56 Å². The number of carbonyl (C=O) groups is 1. The van der Waals surface area contributed by atoms with Gasteiger partial charge in [0.15, 0.2) is 19.9 Å². The number of ether oxygens (including phenoxy) is 2. The van der Waals surface area contributed by atoms with E-state index in [9.17, 15) is 4.79 Å². The van der Waals surface area contributed by atoms with Crippen molar-refractivity contribution in [2.45, 2.75) is 90.0 Å². The first-order chi connectivity index (χ1) is 12.4. The quantitative estimate of drug-likeness (QED) is 0.604. The van der Waals surface area contributed by atoms with Crippen molar-refractivity contribution in [2.24, 2.45) is 0 Å². The van der Waals surface area contributed by atoms with Crippen LogP contribution in [-0.2, 0) is 25.1 Å². The van der Waals surface area contributed by atoms with E-state index in [0.717, 1.165) is 6.42 Å². The molecule has 1 aliphatic rings. The number of rotatable bonds is 7. The third-order valence-electron chi connectivity index (χ3n) is 5.67. The van der Waals surface area contributed by atoms with Crippen LogP contribution in [0.25, 0.3) is 0 Å². The molecular weight excluding hydrogens is 356 g/mol. The number of hydrogen-bond acceptors (Lipinski definition) is 4. The van der Waals surface area contributed by atoms with E-state index >= 15 is 0 Å². The lowest BCUT2D eigenvalue weighted by Gasteiger charge is -2.41. The Kier molecular flexibility index (Phi) is 7.06. The molecule has 5 heteroatoms. The van der Waals surface area contributed by atoms with E-state index in [-0.39, 0.29) is 10.8 Å². The Morgan fingerprint density at radius 2 is 1.59 bits per heavy atom. The summed E-state index contributed by atoms with van der Waals surface area (Å²) in [4.78, 5) is 12.9. The van der Waals surface area contributed by atoms with Gasteiger partial charge >= 0.3 is 0 Å². The van der Waals surface area contributed by atoms with Crippen molar-refractivity contribution in [3.05, 3.63) is 35.9 Å². The number of carbonyl (C=O) groups excluding carboxylic acids is 1. The van der Waals surface area contributed by atoms with Gasteiger partial charge in [-0.05, 0) is 50.4 Å². The number of hydrogen-bond donors (Lipinski definition) is 0. The van der Waals surface area contributed by atoms with Crippen LogP contribution in [0.2, 0.25) is 18.1 Å². The summed E-state index contributed by atoms with van der Waals surface area (Å²) in [5.74, 6) is -0.708. The fraction of sp³-hybridized carbons (Fsp3) is 0.682. The molecule has 0 saturated carbocycles. The van der Waals surface area contributed by atoms with E-state index in [2.05, 4.69) is 46.0 Å². The summed E-state index contributed by atoms with van der Waals surface area (Å²) >= 11 is 0.